The molecule has 0 amide bonds. The van der Waals surface area contributed by atoms with Crippen LogP contribution in [-0.4, -0.2) is 13.3 Å². The molecule has 3 rings (SSSR count). The van der Waals surface area contributed by atoms with E-state index in [0.717, 1.165) is 24.3 Å². The van der Waals surface area contributed by atoms with Crippen LogP contribution in [-0.2, 0) is 10.0 Å². The van der Waals surface area contributed by atoms with Gasteiger partial charge in [0.25, 0.3) is 0 Å². The Morgan fingerprint density at radius 1 is 0.962 bits per heavy atom. The first-order chi connectivity index (χ1) is 12.2. The Bertz CT molecular complexity index is 1080. The van der Waals surface area contributed by atoms with Gasteiger partial charge in [0.05, 0.1) is 0 Å². The Balaban J connectivity index is 1.91. The molecule has 0 heterocycles. The van der Waals surface area contributed by atoms with E-state index in [0.29, 0.717) is 21.6 Å². The Morgan fingerprint density at radius 3 is 2.27 bits per heavy atom. The number of sulfonamides is 1. The molecule has 8 heteroatoms. The fourth-order valence-corrected chi connectivity index (χ4v) is 3.59. The second-order valence-electron chi connectivity index (χ2n) is 5.70. The second kappa shape index (κ2) is 6.79. The smallest absolute Gasteiger partial charge is 0.225 e. The van der Waals surface area contributed by atoms with Crippen molar-refractivity contribution in [2.75, 3.05) is 0 Å². The van der Waals surface area contributed by atoms with Crippen molar-refractivity contribution in [1.82, 2.24) is 0 Å². The first-order valence-electron chi connectivity index (χ1n) is 7.38. The van der Waals surface area contributed by atoms with Gasteiger partial charge in [-0.1, -0.05) is 36.5 Å². The van der Waals surface area contributed by atoms with Crippen LogP contribution in [0.2, 0.25) is 0 Å². The molecule has 1 atom stereocenters. The van der Waals surface area contributed by atoms with E-state index >= 15 is 0 Å². The zero-order chi connectivity index (χ0) is 19.1. The Morgan fingerprint density at radius 2 is 1.69 bits per heavy atom. The topological polar surface area (TPSA) is 60.2 Å². The SMILES string of the molecule is NS(=O)(=O)c1ccc(C2=CC(=S)C(c3ccc(F)c(F)c3)C=C2)cc1F. The van der Waals surface area contributed by atoms with Crippen molar-refractivity contribution in [3.05, 3.63) is 83.2 Å². The summed E-state index contributed by atoms with van der Waals surface area (Å²) in [6.45, 7) is 0. The van der Waals surface area contributed by atoms with Crippen LogP contribution in [0.5, 0.6) is 0 Å². The van der Waals surface area contributed by atoms with Crippen LogP contribution in [0.3, 0.4) is 0 Å². The van der Waals surface area contributed by atoms with Gasteiger partial charge < -0.3 is 0 Å². The van der Waals surface area contributed by atoms with E-state index in [-0.39, 0.29) is 0 Å². The van der Waals surface area contributed by atoms with Gasteiger partial charge >= 0.3 is 0 Å². The maximum absolute atomic E-state index is 14.0. The molecule has 134 valence electrons. The molecule has 1 unspecified atom stereocenters. The molecule has 0 bridgehead atoms. The number of primary sulfonamides is 1. The number of hydrogen-bond donors (Lipinski definition) is 1. The minimum absolute atomic E-state index is 0.414. The van der Waals surface area contributed by atoms with Gasteiger partial charge in [0.2, 0.25) is 10.0 Å². The van der Waals surface area contributed by atoms with E-state index in [1.165, 1.54) is 12.1 Å². The molecule has 0 radical (unpaired) electrons. The van der Waals surface area contributed by atoms with Crippen LogP contribution >= 0.6 is 12.2 Å². The van der Waals surface area contributed by atoms with E-state index < -0.39 is 38.3 Å². The molecule has 0 fully saturated rings. The van der Waals surface area contributed by atoms with Crippen LogP contribution in [0.15, 0.2) is 59.5 Å². The molecule has 3 nitrogen and oxygen atoms in total. The Kier molecular flexibility index (Phi) is 4.83. The highest BCUT2D eigenvalue weighted by atomic mass is 32.2. The molecule has 1 aliphatic carbocycles. The zero-order valence-corrected chi connectivity index (χ0v) is 14.8. The summed E-state index contributed by atoms with van der Waals surface area (Å²) in [5.41, 5.74) is 1.47. The Hall–Kier alpha value is -2.29. The molecule has 1 aliphatic rings. The number of halogens is 3. The molecule has 2 aromatic rings. The average Bonchev–Trinajstić information content (AvgIpc) is 2.56. The van der Waals surface area contributed by atoms with Crippen LogP contribution < -0.4 is 5.14 Å². The number of rotatable bonds is 3. The first kappa shape index (κ1) is 18.5. The highest BCUT2D eigenvalue weighted by Crippen LogP contribution is 2.31. The summed E-state index contributed by atoms with van der Waals surface area (Å²) >= 11 is 5.33. The largest absolute Gasteiger partial charge is 0.240 e. The van der Waals surface area contributed by atoms with Gasteiger partial charge in [-0.25, -0.2) is 26.7 Å². The van der Waals surface area contributed by atoms with Gasteiger partial charge in [-0.15, -0.1) is 0 Å². The molecule has 2 N–H and O–H groups in total. The Labute approximate surface area is 153 Å². The summed E-state index contributed by atoms with van der Waals surface area (Å²) in [6.07, 6.45) is 4.95. The van der Waals surface area contributed by atoms with Gasteiger partial charge in [0.1, 0.15) is 10.7 Å². The van der Waals surface area contributed by atoms with E-state index in [4.69, 9.17) is 17.4 Å². The summed E-state index contributed by atoms with van der Waals surface area (Å²) < 4.78 is 63.1. The zero-order valence-electron chi connectivity index (χ0n) is 13.1. The summed E-state index contributed by atoms with van der Waals surface area (Å²) in [5, 5.41) is 4.94. The molecule has 26 heavy (non-hydrogen) atoms. The van der Waals surface area contributed by atoms with Gasteiger partial charge in [0.15, 0.2) is 11.6 Å². The number of hydrogen-bond acceptors (Lipinski definition) is 3. The van der Waals surface area contributed by atoms with Crippen LogP contribution in [0.1, 0.15) is 17.0 Å². The van der Waals surface area contributed by atoms with Crippen molar-refractivity contribution in [3.63, 3.8) is 0 Å². The standard InChI is InChI=1S/C18H12F3NO2S2/c19-14-5-2-12(8-15(14)20)13-4-1-11(9-17(13)25)10-3-6-18(16(21)7-10)26(22,23)24/h1-9,13H,(H2,22,23,24). The van der Waals surface area contributed by atoms with Gasteiger partial charge in [-0.2, -0.15) is 0 Å². The normalized spacial score (nSPS) is 17.3. The maximum atomic E-state index is 14.0. The lowest BCUT2D eigenvalue weighted by Crippen LogP contribution is -2.14. The molecule has 0 aliphatic heterocycles. The van der Waals surface area contributed by atoms with Crippen molar-refractivity contribution in [1.29, 1.82) is 0 Å². The third kappa shape index (κ3) is 3.62. The third-order valence-electron chi connectivity index (χ3n) is 3.95. The molecular weight excluding hydrogens is 383 g/mol. The minimum Gasteiger partial charge on any atom is -0.225 e. The first-order valence-corrected chi connectivity index (χ1v) is 9.33. The maximum Gasteiger partial charge on any atom is 0.240 e. The number of benzene rings is 2. The highest BCUT2D eigenvalue weighted by Gasteiger charge is 2.20. The lowest BCUT2D eigenvalue weighted by Gasteiger charge is -2.18. The monoisotopic (exact) mass is 395 g/mol. The average molecular weight is 395 g/mol. The van der Waals surface area contributed by atoms with E-state index in [9.17, 15) is 21.6 Å². The third-order valence-corrected chi connectivity index (χ3v) is 5.26. The predicted molar refractivity (Wildman–Crippen MR) is 96.6 cm³/mol. The van der Waals surface area contributed by atoms with Crippen molar-refractivity contribution >= 4 is 32.7 Å². The van der Waals surface area contributed by atoms with Crippen molar-refractivity contribution in [3.8, 4) is 0 Å². The fraction of sp³-hybridized carbons (Fsp3) is 0.0556. The highest BCUT2D eigenvalue weighted by molar-refractivity contribution is 7.89. The summed E-state index contributed by atoms with van der Waals surface area (Å²) in [4.78, 5) is -0.159. The van der Waals surface area contributed by atoms with Gasteiger partial charge in [-0.05, 0) is 47.0 Å². The molecule has 0 saturated carbocycles. The minimum atomic E-state index is -4.15. The van der Waals surface area contributed by atoms with E-state index in [1.54, 1.807) is 18.2 Å². The van der Waals surface area contributed by atoms with Crippen molar-refractivity contribution in [2.45, 2.75) is 10.8 Å². The van der Waals surface area contributed by atoms with Gasteiger partial charge in [0, 0.05) is 10.8 Å². The quantitative estimate of drug-likeness (QED) is 0.803. The van der Waals surface area contributed by atoms with Crippen LogP contribution in [0, 0.1) is 17.5 Å². The fourth-order valence-electron chi connectivity index (χ4n) is 2.66. The van der Waals surface area contributed by atoms with Gasteiger partial charge in [-0.3, -0.25) is 0 Å². The second-order valence-corrected chi connectivity index (χ2v) is 7.70. The molecule has 0 spiro atoms. The predicted octanol–water partition coefficient (Wildman–Crippen LogP) is 3.86. The molecule has 0 aromatic heterocycles. The van der Waals surface area contributed by atoms with E-state index in [1.807, 2.05) is 0 Å². The van der Waals surface area contributed by atoms with Crippen LogP contribution in [0.25, 0.3) is 5.57 Å². The van der Waals surface area contributed by atoms with Crippen LogP contribution in [0.4, 0.5) is 13.2 Å². The number of allylic oxidation sites excluding steroid dienone is 4. The summed E-state index contributed by atoms with van der Waals surface area (Å²) in [7, 11) is -4.15. The number of thiocarbonyl (C=S) groups is 1. The molecule has 0 saturated heterocycles. The summed E-state index contributed by atoms with van der Waals surface area (Å²) in [6, 6.07) is 7.10. The lowest BCUT2D eigenvalue weighted by molar-refractivity contribution is 0.507. The van der Waals surface area contributed by atoms with Crippen molar-refractivity contribution < 1.29 is 21.6 Å². The summed E-state index contributed by atoms with van der Waals surface area (Å²) in [5.74, 6) is -3.29. The number of nitrogens with two attached hydrogens (primary N) is 1. The molecular formula is C18H12F3NO2S2. The molecule has 2 aromatic carbocycles. The van der Waals surface area contributed by atoms with Crippen molar-refractivity contribution in [2.24, 2.45) is 5.14 Å². The lowest BCUT2D eigenvalue weighted by atomic mass is 9.88. The van der Waals surface area contributed by atoms with E-state index in [2.05, 4.69) is 0 Å².